The van der Waals surface area contributed by atoms with Crippen LogP contribution >= 0.6 is 0 Å². The molecule has 0 aliphatic heterocycles. The van der Waals surface area contributed by atoms with Gasteiger partial charge in [0.1, 0.15) is 16.9 Å². The Morgan fingerprint density at radius 2 is 1.61 bits per heavy atom. The Bertz CT molecular complexity index is 765. The number of ether oxygens (including phenoxy) is 4. The van der Waals surface area contributed by atoms with Gasteiger partial charge in [0.2, 0.25) is 0 Å². The zero-order valence-electron chi connectivity index (χ0n) is 16.7. The van der Waals surface area contributed by atoms with Gasteiger partial charge in [-0.3, -0.25) is 4.79 Å². The number of methoxy groups -OCH3 is 3. The number of esters is 1. The third kappa shape index (κ3) is 4.66. The summed E-state index contributed by atoms with van der Waals surface area (Å²) in [7, 11) is 4.33. The summed E-state index contributed by atoms with van der Waals surface area (Å²) in [6, 6.07) is 5.15. The minimum atomic E-state index is -1.07. The average Bonchev–Trinajstić information content (AvgIpc) is 2.72. The van der Waals surface area contributed by atoms with E-state index in [-0.39, 0.29) is 11.3 Å². The second-order valence-electron chi connectivity index (χ2n) is 6.70. The van der Waals surface area contributed by atoms with Gasteiger partial charge in [-0.05, 0) is 19.8 Å². The number of benzene rings is 1. The number of hydrogen-bond donors (Lipinski definition) is 1. The maximum Gasteiger partial charge on any atom is 0.342 e. The first-order valence-corrected chi connectivity index (χ1v) is 9.14. The van der Waals surface area contributed by atoms with Gasteiger partial charge in [0.15, 0.2) is 17.6 Å². The van der Waals surface area contributed by atoms with Crippen LogP contribution in [-0.2, 0) is 9.53 Å². The molecule has 0 radical (unpaired) electrons. The molecule has 1 aromatic carbocycles. The molecule has 1 N–H and O–H groups in total. The van der Waals surface area contributed by atoms with E-state index >= 15 is 0 Å². The topological polar surface area (TPSA) is 107 Å². The van der Waals surface area contributed by atoms with Crippen molar-refractivity contribution in [3.63, 3.8) is 0 Å². The Labute approximate surface area is 164 Å². The number of carbonyl (C=O) groups is 2. The lowest BCUT2D eigenvalue weighted by Crippen LogP contribution is -2.52. The van der Waals surface area contributed by atoms with Crippen molar-refractivity contribution in [2.45, 2.75) is 50.7 Å². The Hall–Kier alpha value is -2.95. The van der Waals surface area contributed by atoms with E-state index in [1.807, 2.05) is 0 Å². The lowest BCUT2D eigenvalue weighted by molar-refractivity contribution is -0.130. The van der Waals surface area contributed by atoms with Gasteiger partial charge in [0, 0.05) is 12.1 Å². The van der Waals surface area contributed by atoms with Crippen molar-refractivity contribution >= 4 is 11.9 Å². The fourth-order valence-corrected chi connectivity index (χ4v) is 3.22. The highest BCUT2D eigenvalue weighted by Gasteiger charge is 2.35. The van der Waals surface area contributed by atoms with Crippen LogP contribution in [0.25, 0.3) is 0 Å². The monoisotopic (exact) mass is 390 g/mol. The van der Waals surface area contributed by atoms with Crippen LogP contribution in [0.5, 0.6) is 17.2 Å². The van der Waals surface area contributed by atoms with Crippen LogP contribution in [0.3, 0.4) is 0 Å². The third-order valence-electron chi connectivity index (χ3n) is 4.86. The highest BCUT2D eigenvalue weighted by molar-refractivity contribution is 5.95. The summed E-state index contributed by atoms with van der Waals surface area (Å²) >= 11 is 0. The molecule has 1 amide bonds. The molecule has 0 unspecified atom stereocenters. The van der Waals surface area contributed by atoms with Crippen LogP contribution in [0, 0.1) is 11.3 Å². The van der Waals surface area contributed by atoms with Crippen LogP contribution in [-0.4, -0.2) is 44.8 Å². The molecule has 1 saturated carbocycles. The highest BCUT2D eigenvalue weighted by Crippen LogP contribution is 2.35. The van der Waals surface area contributed by atoms with Crippen molar-refractivity contribution in [3.8, 4) is 23.3 Å². The van der Waals surface area contributed by atoms with Crippen molar-refractivity contribution < 1.29 is 28.5 Å². The third-order valence-corrected chi connectivity index (χ3v) is 4.86. The first kappa shape index (κ1) is 21.4. The molecule has 0 saturated heterocycles. The Morgan fingerprint density at radius 1 is 1.04 bits per heavy atom. The Morgan fingerprint density at radius 3 is 2.14 bits per heavy atom. The van der Waals surface area contributed by atoms with E-state index < -0.39 is 23.5 Å². The van der Waals surface area contributed by atoms with E-state index in [9.17, 15) is 14.9 Å². The number of nitrogens with zero attached hydrogens (tertiary/aromatic N) is 1. The van der Waals surface area contributed by atoms with E-state index in [2.05, 4.69) is 11.4 Å². The molecule has 0 heterocycles. The second kappa shape index (κ2) is 9.31. The fraction of sp³-hybridized carbons (Fsp3) is 0.550. The molecule has 1 aliphatic rings. The summed E-state index contributed by atoms with van der Waals surface area (Å²) in [5.41, 5.74) is -0.788. The van der Waals surface area contributed by atoms with Gasteiger partial charge in [-0.2, -0.15) is 5.26 Å². The van der Waals surface area contributed by atoms with Crippen LogP contribution in [0.2, 0.25) is 0 Å². The zero-order valence-corrected chi connectivity index (χ0v) is 16.7. The predicted octanol–water partition coefficient (Wildman–Crippen LogP) is 2.60. The SMILES string of the molecule is COc1cc(OC)c(C(=O)O[C@@H](C)C(=O)NC2(C#N)CCCCC2)cc1OC. The summed E-state index contributed by atoms with van der Waals surface area (Å²) < 4.78 is 20.9. The number of nitriles is 1. The molecule has 8 nitrogen and oxygen atoms in total. The maximum absolute atomic E-state index is 12.6. The minimum Gasteiger partial charge on any atom is -0.496 e. The molecule has 2 rings (SSSR count). The second-order valence-corrected chi connectivity index (χ2v) is 6.70. The summed E-state index contributed by atoms with van der Waals surface area (Å²) in [6.07, 6.45) is 2.93. The smallest absolute Gasteiger partial charge is 0.342 e. The molecule has 152 valence electrons. The molecule has 8 heteroatoms. The number of amides is 1. The lowest BCUT2D eigenvalue weighted by Gasteiger charge is -2.32. The van der Waals surface area contributed by atoms with Crippen molar-refractivity contribution in [3.05, 3.63) is 17.7 Å². The Kier molecular flexibility index (Phi) is 7.10. The normalized spacial score (nSPS) is 16.2. The van der Waals surface area contributed by atoms with Crippen LogP contribution in [0.1, 0.15) is 49.4 Å². The van der Waals surface area contributed by atoms with E-state index in [0.29, 0.717) is 24.3 Å². The van der Waals surface area contributed by atoms with Gasteiger partial charge in [0.05, 0.1) is 27.4 Å². The molecule has 1 aliphatic carbocycles. The largest absolute Gasteiger partial charge is 0.496 e. The molecule has 1 aromatic rings. The van der Waals surface area contributed by atoms with Gasteiger partial charge < -0.3 is 24.3 Å². The average molecular weight is 390 g/mol. The standard InChI is InChI=1S/C20H26N2O6/c1-13(18(23)22-20(12-21)8-6-5-7-9-20)28-19(24)14-10-16(26-3)17(27-4)11-15(14)25-2/h10-11,13H,5-9H2,1-4H3,(H,22,23)/t13-/m0/s1. The number of carbonyl (C=O) groups excluding carboxylic acids is 2. The maximum atomic E-state index is 12.6. The van der Waals surface area contributed by atoms with Crippen molar-refractivity contribution in [1.29, 1.82) is 5.26 Å². The van der Waals surface area contributed by atoms with Crippen LogP contribution < -0.4 is 19.5 Å². The van der Waals surface area contributed by atoms with Gasteiger partial charge in [-0.1, -0.05) is 19.3 Å². The molecular weight excluding hydrogens is 364 g/mol. The highest BCUT2D eigenvalue weighted by atomic mass is 16.6. The molecular formula is C20H26N2O6. The summed E-state index contributed by atoms with van der Waals surface area (Å²) in [5.74, 6) is -0.282. The zero-order chi connectivity index (χ0) is 20.7. The van der Waals surface area contributed by atoms with Gasteiger partial charge in [-0.15, -0.1) is 0 Å². The Balaban J connectivity index is 2.13. The van der Waals surface area contributed by atoms with Crippen molar-refractivity contribution in [1.82, 2.24) is 5.32 Å². The van der Waals surface area contributed by atoms with E-state index in [0.717, 1.165) is 19.3 Å². The number of nitrogens with one attached hydrogen (secondary N) is 1. The molecule has 0 spiro atoms. The van der Waals surface area contributed by atoms with Crippen molar-refractivity contribution in [2.75, 3.05) is 21.3 Å². The molecule has 0 bridgehead atoms. The molecule has 0 aromatic heterocycles. The van der Waals surface area contributed by atoms with Gasteiger partial charge in [0.25, 0.3) is 5.91 Å². The first-order valence-electron chi connectivity index (χ1n) is 9.14. The molecule has 28 heavy (non-hydrogen) atoms. The van der Waals surface area contributed by atoms with E-state index in [4.69, 9.17) is 18.9 Å². The fourth-order valence-electron chi connectivity index (χ4n) is 3.22. The van der Waals surface area contributed by atoms with Gasteiger partial charge >= 0.3 is 5.97 Å². The first-order chi connectivity index (χ1) is 13.4. The van der Waals surface area contributed by atoms with Crippen LogP contribution in [0.4, 0.5) is 0 Å². The molecule has 1 atom stereocenters. The van der Waals surface area contributed by atoms with Crippen LogP contribution in [0.15, 0.2) is 12.1 Å². The number of hydrogen-bond acceptors (Lipinski definition) is 7. The minimum absolute atomic E-state index is 0.104. The lowest BCUT2D eigenvalue weighted by atomic mass is 9.83. The molecule has 1 fully saturated rings. The quantitative estimate of drug-likeness (QED) is 0.713. The summed E-state index contributed by atoms with van der Waals surface area (Å²) in [5, 5.41) is 12.2. The van der Waals surface area contributed by atoms with Gasteiger partial charge in [-0.25, -0.2) is 4.79 Å². The van der Waals surface area contributed by atoms with Crippen molar-refractivity contribution in [2.24, 2.45) is 0 Å². The summed E-state index contributed by atoms with van der Waals surface area (Å²) in [6.45, 7) is 1.47. The van der Waals surface area contributed by atoms with E-state index in [1.54, 1.807) is 0 Å². The predicted molar refractivity (Wildman–Crippen MR) is 101 cm³/mol. The number of rotatable bonds is 7. The summed E-state index contributed by atoms with van der Waals surface area (Å²) in [4.78, 5) is 25.1. The van der Waals surface area contributed by atoms with E-state index in [1.165, 1.54) is 40.4 Å².